The van der Waals surface area contributed by atoms with Gasteiger partial charge in [-0.1, -0.05) is 19.8 Å². The van der Waals surface area contributed by atoms with Gasteiger partial charge in [-0.25, -0.2) is 0 Å². The first-order valence-corrected chi connectivity index (χ1v) is 8.08. The Morgan fingerprint density at radius 1 is 1.00 bits per heavy atom. The van der Waals surface area contributed by atoms with Gasteiger partial charge in [0.25, 0.3) is 5.91 Å². The van der Waals surface area contributed by atoms with E-state index < -0.39 is 17.7 Å². The Hall–Kier alpha value is -2.57. The topological polar surface area (TPSA) is 96.5 Å². The molecule has 0 atom stereocenters. The zero-order valence-electron chi connectivity index (χ0n) is 14.3. The highest BCUT2D eigenvalue weighted by Gasteiger charge is 2.15. The average Bonchev–Trinajstić information content (AvgIpc) is 2.56. The number of unbranched alkanes of at least 4 members (excludes halogenated alkanes) is 2. The van der Waals surface area contributed by atoms with Crippen molar-refractivity contribution in [2.45, 2.75) is 46.1 Å². The number of amides is 3. The van der Waals surface area contributed by atoms with Gasteiger partial charge < -0.3 is 10.1 Å². The normalized spacial score (nSPS) is 10.2. The molecule has 1 rings (SSSR count). The quantitative estimate of drug-likeness (QED) is 0.400. The summed E-state index contributed by atoms with van der Waals surface area (Å²) in [6, 6.07) is 6.39. The predicted molar refractivity (Wildman–Crippen MR) is 90.3 cm³/mol. The third kappa shape index (κ3) is 7.13. The third-order valence-corrected chi connectivity index (χ3v) is 3.05. The molecule has 24 heavy (non-hydrogen) atoms. The first kappa shape index (κ1) is 19.5. The van der Waals surface area contributed by atoms with Crippen molar-refractivity contribution in [3.63, 3.8) is 0 Å². The molecule has 1 aromatic rings. The molecule has 3 amide bonds. The van der Waals surface area contributed by atoms with E-state index in [-0.39, 0.29) is 6.04 Å². The van der Waals surface area contributed by atoms with E-state index in [1.165, 1.54) is 0 Å². The van der Waals surface area contributed by atoms with E-state index >= 15 is 0 Å². The molecular formula is C17H25N3O4. The van der Waals surface area contributed by atoms with Crippen molar-refractivity contribution in [1.29, 1.82) is 0 Å². The lowest BCUT2D eigenvalue weighted by atomic mass is 10.2. The average molecular weight is 335 g/mol. The summed E-state index contributed by atoms with van der Waals surface area (Å²) in [5, 5.41) is 2.42. The smallest absolute Gasteiger partial charge is 0.327 e. The molecule has 7 heteroatoms. The molecule has 0 aliphatic rings. The van der Waals surface area contributed by atoms with Crippen LogP contribution in [0.2, 0.25) is 0 Å². The van der Waals surface area contributed by atoms with E-state index in [1.54, 1.807) is 38.1 Å². The van der Waals surface area contributed by atoms with E-state index in [0.29, 0.717) is 17.9 Å². The second-order valence-electron chi connectivity index (χ2n) is 5.62. The molecule has 0 unspecified atom stereocenters. The fraction of sp³-hybridized carbons (Fsp3) is 0.471. The Morgan fingerprint density at radius 2 is 1.67 bits per heavy atom. The minimum Gasteiger partial charge on any atom is -0.494 e. The molecule has 0 radical (unpaired) electrons. The van der Waals surface area contributed by atoms with Crippen molar-refractivity contribution in [2.75, 3.05) is 6.61 Å². The molecule has 0 spiro atoms. The van der Waals surface area contributed by atoms with Crippen LogP contribution < -0.4 is 20.9 Å². The second-order valence-corrected chi connectivity index (χ2v) is 5.62. The van der Waals surface area contributed by atoms with Crippen LogP contribution >= 0.6 is 0 Å². The lowest BCUT2D eigenvalue weighted by Crippen LogP contribution is -2.49. The zero-order chi connectivity index (χ0) is 17.9. The van der Waals surface area contributed by atoms with Crippen molar-refractivity contribution >= 4 is 17.7 Å². The van der Waals surface area contributed by atoms with Gasteiger partial charge in [-0.15, -0.1) is 0 Å². The number of carbonyl (C=O) groups excluding carboxylic acids is 3. The molecule has 1 aromatic carbocycles. The van der Waals surface area contributed by atoms with Gasteiger partial charge in [-0.05, 0) is 44.5 Å². The molecule has 0 saturated heterocycles. The molecule has 3 N–H and O–H groups in total. The first-order valence-electron chi connectivity index (χ1n) is 8.08. The fourth-order valence-corrected chi connectivity index (χ4v) is 1.81. The maximum absolute atomic E-state index is 11.9. The molecule has 0 fully saturated rings. The number of hydrazine groups is 1. The summed E-state index contributed by atoms with van der Waals surface area (Å²) in [5.41, 5.74) is 4.61. The lowest BCUT2D eigenvalue weighted by Gasteiger charge is -2.10. The highest BCUT2D eigenvalue weighted by molar-refractivity contribution is 6.35. The van der Waals surface area contributed by atoms with Crippen LogP contribution in [0.1, 0.15) is 50.4 Å². The van der Waals surface area contributed by atoms with E-state index in [2.05, 4.69) is 23.1 Å². The van der Waals surface area contributed by atoms with Crippen molar-refractivity contribution in [3.05, 3.63) is 29.8 Å². The molecule has 0 aliphatic carbocycles. The van der Waals surface area contributed by atoms with Crippen LogP contribution in [-0.2, 0) is 9.59 Å². The van der Waals surface area contributed by atoms with Crippen molar-refractivity contribution in [3.8, 4) is 5.75 Å². The van der Waals surface area contributed by atoms with E-state index in [4.69, 9.17) is 4.74 Å². The third-order valence-electron chi connectivity index (χ3n) is 3.05. The van der Waals surface area contributed by atoms with E-state index in [1.807, 2.05) is 0 Å². The molecule has 0 saturated carbocycles. The van der Waals surface area contributed by atoms with Gasteiger partial charge in [0, 0.05) is 11.6 Å². The lowest BCUT2D eigenvalue weighted by molar-refractivity contribution is -0.139. The Morgan fingerprint density at radius 3 is 2.25 bits per heavy atom. The fourth-order valence-electron chi connectivity index (χ4n) is 1.81. The summed E-state index contributed by atoms with van der Waals surface area (Å²) >= 11 is 0. The number of rotatable bonds is 7. The van der Waals surface area contributed by atoms with E-state index in [9.17, 15) is 14.4 Å². The van der Waals surface area contributed by atoms with Crippen molar-refractivity contribution < 1.29 is 19.1 Å². The van der Waals surface area contributed by atoms with Gasteiger partial charge in [-0.3, -0.25) is 25.2 Å². The van der Waals surface area contributed by atoms with Gasteiger partial charge in [0.05, 0.1) is 6.61 Å². The molecule has 0 bridgehead atoms. The monoisotopic (exact) mass is 335 g/mol. The standard InChI is InChI=1S/C17H25N3O4/c1-4-5-6-11-24-14-9-7-13(8-10-14)15(21)19-20-17(23)16(22)18-12(2)3/h7-10,12H,4-6,11H2,1-3H3,(H,18,22)(H,19,21)(H,20,23). The highest BCUT2D eigenvalue weighted by Crippen LogP contribution is 2.12. The Bertz CT molecular complexity index is 555. The van der Waals surface area contributed by atoms with Crippen molar-refractivity contribution in [2.24, 2.45) is 0 Å². The first-order chi connectivity index (χ1) is 11.4. The van der Waals surface area contributed by atoms with Crippen LogP contribution in [0, 0.1) is 0 Å². The minimum absolute atomic E-state index is 0.163. The van der Waals surface area contributed by atoms with Crippen LogP contribution in [0.15, 0.2) is 24.3 Å². The zero-order valence-corrected chi connectivity index (χ0v) is 14.3. The van der Waals surface area contributed by atoms with Crippen LogP contribution in [0.4, 0.5) is 0 Å². The van der Waals surface area contributed by atoms with Crippen LogP contribution in [0.5, 0.6) is 5.75 Å². The summed E-state index contributed by atoms with van der Waals surface area (Å²) in [6.45, 7) is 6.23. The highest BCUT2D eigenvalue weighted by atomic mass is 16.5. The Labute approximate surface area is 142 Å². The Balaban J connectivity index is 2.42. The molecule has 0 aromatic heterocycles. The van der Waals surface area contributed by atoms with Gasteiger partial charge in [0.15, 0.2) is 0 Å². The van der Waals surface area contributed by atoms with Gasteiger partial charge >= 0.3 is 11.8 Å². The molecule has 0 aliphatic heterocycles. The second kappa shape index (κ2) is 10.3. The molecule has 132 valence electrons. The summed E-state index contributed by atoms with van der Waals surface area (Å²) in [5.74, 6) is -1.56. The number of carbonyl (C=O) groups is 3. The minimum atomic E-state index is -0.923. The van der Waals surface area contributed by atoms with Crippen molar-refractivity contribution in [1.82, 2.24) is 16.2 Å². The summed E-state index contributed by atoms with van der Waals surface area (Å²) in [4.78, 5) is 34.8. The number of ether oxygens (including phenoxy) is 1. The maximum Gasteiger partial charge on any atom is 0.327 e. The van der Waals surface area contributed by atoms with Gasteiger partial charge in [0.1, 0.15) is 5.75 Å². The van der Waals surface area contributed by atoms with Crippen LogP contribution in [0.3, 0.4) is 0 Å². The molecule has 7 nitrogen and oxygen atoms in total. The van der Waals surface area contributed by atoms with Gasteiger partial charge in [0.2, 0.25) is 0 Å². The SMILES string of the molecule is CCCCCOc1ccc(C(=O)NNC(=O)C(=O)NC(C)C)cc1. The maximum atomic E-state index is 11.9. The molecule has 0 heterocycles. The Kier molecular flexibility index (Phi) is 8.32. The van der Waals surface area contributed by atoms with Gasteiger partial charge in [-0.2, -0.15) is 0 Å². The number of benzene rings is 1. The van der Waals surface area contributed by atoms with Crippen LogP contribution in [-0.4, -0.2) is 30.4 Å². The number of hydrogen-bond acceptors (Lipinski definition) is 4. The summed E-state index contributed by atoms with van der Waals surface area (Å²) < 4.78 is 5.56. The largest absolute Gasteiger partial charge is 0.494 e. The molecular weight excluding hydrogens is 310 g/mol. The summed E-state index contributed by atoms with van der Waals surface area (Å²) in [7, 11) is 0. The summed E-state index contributed by atoms with van der Waals surface area (Å²) in [6.07, 6.45) is 3.23. The number of hydrogen-bond donors (Lipinski definition) is 3. The van der Waals surface area contributed by atoms with E-state index in [0.717, 1.165) is 19.3 Å². The predicted octanol–water partition coefficient (Wildman–Crippen LogP) is 1.54. The van der Waals surface area contributed by atoms with Crippen LogP contribution in [0.25, 0.3) is 0 Å². The number of nitrogens with one attached hydrogen (secondary N) is 3.